The average molecular weight is 469 g/mol. The minimum absolute atomic E-state index is 0.252. The molecule has 0 fully saturated rings. The highest BCUT2D eigenvalue weighted by atomic mass is 19.4. The number of alkyl halides is 3. The number of rotatable bonds is 6. The summed E-state index contributed by atoms with van der Waals surface area (Å²) in [6.45, 7) is 3.79. The SMILES string of the molecule is Cc1cc(C)n(-c2cc(Oc3ccc(NC(=O)c4ccccc4OC(F)(F)F)cc3)ncn2)n1. The standard InChI is InChI=1S/C23H18F3N5O3/c1-14-11-15(2)31(30-14)20-12-21(28-13-27-20)33-17-9-7-16(8-10-17)29-22(32)18-5-3-4-6-19(18)34-23(24,25)26/h3-13H,1-2H3,(H,29,32). The molecular formula is C23H18F3N5O3. The monoisotopic (exact) mass is 469 g/mol. The lowest BCUT2D eigenvalue weighted by Crippen LogP contribution is -2.20. The predicted octanol–water partition coefficient (Wildman–Crippen LogP) is 5.22. The normalized spacial score (nSPS) is 11.2. The first-order valence-electron chi connectivity index (χ1n) is 9.98. The third-order valence-electron chi connectivity index (χ3n) is 4.55. The second kappa shape index (κ2) is 9.22. The van der Waals surface area contributed by atoms with E-state index in [2.05, 4.69) is 25.1 Å². The number of nitrogens with one attached hydrogen (secondary N) is 1. The van der Waals surface area contributed by atoms with E-state index in [-0.39, 0.29) is 11.4 Å². The molecule has 1 N–H and O–H groups in total. The number of hydrogen-bond acceptors (Lipinski definition) is 6. The zero-order valence-electron chi connectivity index (χ0n) is 18.0. The van der Waals surface area contributed by atoms with Crippen LogP contribution in [0, 0.1) is 13.8 Å². The Morgan fingerprint density at radius 1 is 1.00 bits per heavy atom. The maximum atomic E-state index is 12.6. The van der Waals surface area contributed by atoms with Gasteiger partial charge in [-0.3, -0.25) is 4.79 Å². The number of ether oxygens (including phenoxy) is 2. The highest BCUT2D eigenvalue weighted by molar-refractivity contribution is 6.06. The molecule has 8 nitrogen and oxygen atoms in total. The molecule has 11 heteroatoms. The van der Waals surface area contributed by atoms with E-state index < -0.39 is 18.0 Å². The summed E-state index contributed by atoms with van der Waals surface area (Å²) >= 11 is 0. The fourth-order valence-corrected chi connectivity index (χ4v) is 3.16. The fraction of sp³-hybridized carbons (Fsp3) is 0.130. The lowest BCUT2D eigenvalue weighted by molar-refractivity contribution is -0.274. The topological polar surface area (TPSA) is 91.2 Å². The van der Waals surface area contributed by atoms with E-state index in [1.54, 1.807) is 35.0 Å². The molecule has 0 radical (unpaired) electrons. The van der Waals surface area contributed by atoms with E-state index in [0.29, 0.717) is 17.3 Å². The van der Waals surface area contributed by atoms with Gasteiger partial charge in [0.2, 0.25) is 5.88 Å². The van der Waals surface area contributed by atoms with Crippen LogP contribution in [-0.2, 0) is 0 Å². The molecule has 0 saturated heterocycles. The molecular weight excluding hydrogens is 451 g/mol. The molecule has 0 bridgehead atoms. The second-order valence-corrected chi connectivity index (χ2v) is 7.18. The molecule has 4 aromatic rings. The number of amides is 1. The zero-order chi connectivity index (χ0) is 24.3. The molecule has 0 spiro atoms. The van der Waals surface area contributed by atoms with Crippen LogP contribution in [0.25, 0.3) is 5.82 Å². The van der Waals surface area contributed by atoms with Crippen molar-refractivity contribution in [1.29, 1.82) is 0 Å². The van der Waals surface area contributed by atoms with Crippen LogP contribution in [-0.4, -0.2) is 32.0 Å². The van der Waals surface area contributed by atoms with Gasteiger partial charge in [0.15, 0.2) is 5.82 Å². The molecule has 0 aliphatic rings. The molecule has 2 heterocycles. The van der Waals surface area contributed by atoms with Crippen molar-refractivity contribution in [2.24, 2.45) is 0 Å². The van der Waals surface area contributed by atoms with Gasteiger partial charge in [-0.05, 0) is 56.3 Å². The highest BCUT2D eigenvalue weighted by Crippen LogP contribution is 2.28. The number of nitrogens with zero attached hydrogens (tertiary/aromatic N) is 4. The Bertz CT molecular complexity index is 1320. The van der Waals surface area contributed by atoms with E-state index in [0.717, 1.165) is 17.5 Å². The van der Waals surface area contributed by atoms with Crippen molar-refractivity contribution in [3.63, 3.8) is 0 Å². The molecule has 0 atom stereocenters. The van der Waals surface area contributed by atoms with Crippen LogP contribution in [0.2, 0.25) is 0 Å². The molecule has 0 saturated carbocycles. The lowest BCUT2D eigenvalue weighted by Gasteiger charge is -2.13. The number of hydrogen-bond donors (Lipinski definition) is 1. The molecule has 34 heavy (non-hydrogen) atoms. The minimum Gasteiger partial charge on any atom is -0.439 e. The van der Waals surface area contributed by atoms with Crippen molar-refractivity contribution in [3.8, 4) is 23.2 Å². The molecule has 1 amide bonds. The highest BCUT2D eigenvalue weighted by Gasteiger charge is 2.32. The first-order valence-corrected chi connectivity index (χ1v) is 9.98. The number of anilines is 1. The molecule has 0 aliphatic carbocycles. The summed E-state index contributed by atoms with van der Waals surface area (Å²) in [6.07, 6.45) is -3.55. The third-order valence-corrected chi connectivity index (χ3v) is 4.55. The Morgan fingerprint density at radius 3 is 2.41 bits per heavy atom. The second-order valence-electron chi connectivity index (χ2n) is 7.18. The Labute approximate surface area is 192 Å². The van der Waals surface area contributed by atoms with Crippen molar-refractivity contribution in [1.82, 2.24) is 19.7 Å². The van der Waals surface area contributed by atoms with Crippen LogP contribution in [0.15, 0.2) is 67.0 Å². The minimum atomic E-state index is -4.91. The number of para-hydroxylation sites is 1. The fourth-order valence-electron chi connectivity index (χ4n) is 3.16. The van der Waals surface area contributed by atoms with Crippen molar-refractivity contribution in [2.45, 2.75) is 20.2 Å². The van der Waals surface area contributed by atoms with Gasteiger partial charge >= 0.3 is 6.36 Å². The van der Waals surface area contributed by atoms with E-state index >= 15 is 0 Å². The van der Waals surface area contributed by atoms with Gasteiger partial charge in [-0.1, -0.05) is 12.1 Å². The van der Waals surface area contributed by atoms with E-state index in [9.17, 15) is 18.0 Å². The largest absolute Gasteiger partial charge is 0.573 e. The summed E-state index contributed by atoms with van der Waals surface area (Å²) < 4.78 is 49.1. The summed E-state index contributed by atoms with van der Waals surface area (Å²) in [7, 11) is 0. The van der Waals surface area contributed by atoms with Crippen LogP contribution in [0.5, 0.6) is 17.4 Å². The van der Waals surface area contributed by atoms with Crippen LogP contribution in [0.3, 0.4) is 0 Å². The van der Waals surface area contributed by atoms with Gasteiger partial charge in [-0.2, -0.15) is 5.10 Å². The van der Waals surface area contributed by atoms with Crippen molar-refractivity contribution in [2.75, 3.05) is 5.32 Å². The van der Waals surface area contributed by atoms with E-state index in [4.69, 9.17) is 4.74 Å². The first-order chi connectivity index (χ1) is 16.2. The maximum absolute atomic E-state index is 12.6. The van der Waals surface area contributed by atoms with E-state index in [1.165, 1.54) is 24.5 Å². The van der Waals surface area contributed by atoms with Crippen LogP contribution in [0.1, 0.15) is 21.7 Å². The van der Waals surface area contributed by atoms with Gasteiger partial charge < -0.3 is 14.8 Å². The van der Waals surface area contributed by atoms with Gasteiger partial charge in [-0.15, -0.1) is 13.2 Å². The Hall–Kier alpha value is -4.41. The van der Waals surface area contributed by atoms with Gasteiger partial charge in [-0.25, -0.2) is 14.6 Å². The summed E-state index contributed by atoms with van der Waals surface area (Å²) in [6, 6.07) is 14.9. The summed E-state index contributed by atoms with van der Waals surface area (Å²) in [5.41, 5.74) is 1.86. The molecule has 4 rings (SSSR count). The average Bonchev–Trinajstić information content (AvgIpc) is 3.12. The molecule has 2 aromatic heterocycles. The number of aryl methyl sites for hydroxylation is 2. The quantitative estimate of drug-likeness (QED) is 0.416. The van der Waals surface area contributed by atoms with Gasteiger partial charge in [0.1, 0.15) is 17.8 Å². The van der Waals surface area contributed by atoms with Crippen LogP contribution in [0.4, 0.5) is 18.9 Å². The molecule has 2 aromatic carbocycles. The van der Waals surface area contributed by atoms with Gasteiger partial charge in [0.05, 0.1) is 11.3 Å². The Balaban J connectivity index is 1.45. The Kier molecular flexibility index (Phi) is 6.17. The number of aromatic nitrogens is 4. The van der Waals surface area contributed by atoms with Crippen molar-refractivity contribution < 1.29 is 27.4 Å². The molecule has 174 valence electrons. The van der Waals surface area contributed by atoms with Crippen molar-refractivity contribution >= 4 is 11.6 Å². The smallest absolute Gasteiger partial charge is 0.439 e. The molecule has 0 aliphatic heterocycles. The number of halogens is 3. The summed E-state index contributed by atoms with van der Waals surface area (Å²) in [5, 5.41) is 6.91. The predicted molar refractivity (Wildman–Crippen MR) is 116 cm³/mol. The maximum Gasteiger partial charge on any atom is 0.573 e. The number of carbonyl (C=O) groups is 1. The van der Waals surface area contributed by atoms with Crippen LogP contribution >= 0.6 is 0 Å². The van der Waals surface area contributed by atoms with Gasteiger partial charge in [0.25, 0.3) is 5.91 Å². The van der Waals surface area contributed by atoms with Crippen molar-refractivity contribution in [3.05, 3.63) is 83.9 Å². The lowest BCUT2D eigenvalue weighted by atomic mass is 10.2. The third kappa shape index (κ3) is 5.49. The van der Waals surface area contributed by atoms with Gasteiger partial charge in [0, 0.05) is 17.4 Å². The van der Waals surface area contributed by atoms with E-state index in [1.807, 2.05) is 19.9 Å². The Morgan fingerprint density at radius 2 is 1.74 bits per heavy atom. The molecule has 0 unspecified atom stereocenters. The zero-order valence-corrected chi connectivity index (χ0v) is 18.0. The summed E-state index contributed by atoms with van der Waals surface area (Å²) in [4.78, 5) is 20.8. The summed E-state index contributed by atoms with van der Waals surface area (Å²) in [5.74, 6) is -0.0860. The number of benzene rings is 2. The number of carbonyl (C=O) groups excluding carboxylic acids is 1. The first kappa shape index (κ1) is 22.8. The van der Waals surface area contributed by atoms with Crippen LogP contribution < -0.4 is 14.8 Å².